The highest BCUT2D eigenvalue weighted by molar-refractivity contribution is 7.59. The predicted octanol–water partition coefficient (Wildman–Crippen LogP) is 1.46. The minimum atomic E-state index is -0.495. The molecule has 0 aromatic carbocycles. The molecule has 1 heterocycles. The Labute approximate surface area is 114 Å². The molecule has 0 radical (unpaired) electrons. The fraction of sp³-hybridized carbons (Fsp3) is 0.818. The number of hydrogen-bond donors (Lipinski definition) is 1. The van der Waals surface area contributed by atoms with Crippen LogP contribution in [0.4, 0.5) is 9.59 Å². The van der Waals surface area contributed by atoms with Crippen molar-refractivity contribution >= 4 is 25.7 Å². The second kappa shape index (κ2) is 6.72. The van der Waals surface area contributed by atoms with Gasteiger partial charge in [0.2, 0.25) is 0 Å². The molecular formula is C11H22N2O4S. The molecule has 0 saturated carbocycles. The first-order valence-electron chi connectivity index (χ1n) is 5.64. The maximum absolute atomic E-state index is 11.7. The fourth-order valence-electron chi connectivity index (χ4n) is 1.60. The Morgan fingerprint density at radius 1 is 1.33 bits per heavy atom. The SMILES string of the molecule is COC(=O)N[C@H]1CCN(C(=O)OC(C)(C)C)C1.S. The van der Waals surface area contributed by atoms with E-state index in [1.54, 1.807) is 4.90 Å². The molecule has 1 fully saturated rings. The first kappa shape index (κ1) is 16.9. The lowest BCUT2D eigenvalue weighted by Gasteiger charge is -2.24. The monoisotopic (exact) mass is 278 g/mol. The van der Waals surface area contributed by atoms with Crippen LogP contribution >= 0.6 is 13.5 Å². The normalized spacial score (nSPS) is 18.9. The third kappa shape index (κ3) is 5.48. The third-order valence-corrected chi connectivity index (χ3v) is 2.35. The van der Waals surface area contributed by atoms with Gasteiger partial charge in [0, 0.05) is 13.1 Å². The molecule has 6 nitrogen and oxygen atoms in total. The predicted molar refractivity (Wildman–Crippen MR) is 72.1 cm³/mol. The van der Waals surface area contributed by atoms with Crippen molar-refractivity contribution in [3.05, 3.63) is 0 Å². The van der Waals surface area contributed by atoms with E-state index in [0.29, 0.717) is 19.5 Å². The first-order chi connectivity index (χ1) is 7.81. The zero-order valence-electron chi connectivity index (χ0n) is 11.3. The van der Waals surface area contributed by atoms with Crippen molar-refractivity contribution in [2.75, 3.05) is 20.2 Å². The summed E-state index contributed by atoms with van der Waals surface area (Å²) in [5.74, 6) is 0. The molecule has 1 atom stereocenters. The first-order valence-corrected chi connectivity index (χ1v) is 5.64. The molecule has 2 amide bonds. The molecule has 106 valence electrons. The van der Waals surface area contributed by atoms with Crippen molar-refractivity contribution in [1.82, 2.24) is 10.2 Å². The molecule has 0 aromatic rings. The van der Waals surface area contributed by atoms with Crippen LogP contribution < -0.4 is 5.32 Å². The number of nitrogens with zero attached hydrogens (tertiary/aromatic N) is 1. The highest BCUT2D eigenvalue weighted by atomic mass is 32.1. The van der Waals surface area contributed by atoms with E-state index >= 15 is 0 Å². The van der Waals surface area contributed by atoms with E-state index in [2.05, 4.69) is 10.1 Å². The quantitative estimate of drug-likeness (QED) is 0.788. The molecule has 0 spiro atoms. The van der Waals surface area contributed by atoms with Crippen LogP contribution in [0.15, 0.2) is 0 Å². The number of alkyl carbamates (subject to hydrolysis) is 1. The van der Waals surface area contributed by atoms with Gasteiger partial charge in [-0.3, -0.25) is 0 Å². The van der Waals surface area contributed by atoms with Gasteiger partial charge in [-0.15, -0.1) is 0 Å². The van der Waals surface area contributed by atoms with E-state index in [4.69, 9.17) is 4.74 Å². The van der Waals surface area contributed by atoms with E-state index in [9.17, 15) is 9.59 Å². The number of methoxy groups -OCH3 is 1. The molecule has 1 saturated heterocycles. The highest BCUT2D eigenvalue weighted by Gasteiger charge is 2.30. The average molecular weight is 278 g/mol. The standard InChI is InChI=1S/C11H20N2O4.H2S/c1-11(2,3)17-10(15)13-6-5-8(7-13)12-9(14)16-4;/h8H,5-7H2,1-4H3,(H,12,14);1H2/t8-;/m0./s1. The van der Waals surface area contributed by atoms with Gasteiger partial charge in [-0.1, -0.05) is 0 Å². The van der Waals surface area contributed by atoms with Crippen molar-refractivity contribution in [3.63, 3.8) is 0 Å². The zero-order valence-corrected chi connectivity index (χ0v) is 12.3. The van der Waals surface area contributed by atoms with E-state index in [1.165, 1.54) is 7.11 Å². The molecule has 1 N–H and O–H groups in total. The second-order valence-electron chi connectivity index (χ2n) is 5.05. The van der Waals surface area contributed by atoms with Crippen LogP contribution in [0.25, 0.3) is 0 Å². The van der Waals surface area contributed by atoms with Gasteiger partial charge in [-0.2, -0.15) is 13.5 Å². The number of carbonyl (C=O) groups is 2. The van der Waals surface area contributed by atoms with Crippen molar-refractivity contribution in [3.8, 4) is 0 Å². The molecular weight excluding hydrogens is 256 g/mol. The number of likely N-dealkylation sites (tertiary alicyclic amines) is 1. The smallest absolute Gasteiger partial charge is 0.410 e. The van der Waals surface area contributed by atoms with Crippen molar-refractivity contribution in [2.24, 2.45) is 0 Å². The molecule has 1 rings (SSSR count). The van der Waals surface area contributed by atoms with Crippen LogP contribution in [0, 0.1) is 0 Å². The Bertz CT molecular complexity index is 304. The van der Waals surface area contributed by atoms with Crippen LogP contribution in [0.3, 0.4) is 0 Å². The van der Waals surface area contributed by atoms with Gasteiger partial charge in [0.15, 0.2) is 0 Å². The molecule has 7 heteroatoms. The molecule has 1 aliphatic heterocycles. The van der Waals surface area contributed by atoms with Crippen molar-refractivity contribution in [1.29, 1.82) is 0 Å². The number of nitrogens with one attached hydrogen (secondary N) is 1. The lowest BCUT2D eigenvalue weighted by Crippen LogP contribution is -2.40. The summed E-state index contributed by atoms with van der Waals surface area (Å²) >= 11 is 0. The number of carbonyl (C=O) groups excluding carboxylic acids is 2. The topological polar surface area (TPSA) is 67.9 Å². The van der Waals surface area contributed by atoms with Crippen LogP contribution in [-0.4, -0.2) is 48.9 Å². The Hall–Kier alpha value is -1.11. The van der Waals surface area contributed by atoms with E-state index < -0.39 is 11.7 Å². The lowest BCUT2D eigenvalue weighted by molar-refractivity contribution is 0.0290. The summed E-state index contributed by atoms with van der Waals surface area (Å²) in [4.78, 5) is 24.3. The Morgan fingerprint density at radius 3 is 2.44 bits per heavy atom. The fourth-order valence-corrected chi connectivity index (χ4v) is 1.60. The minimum Gasteiger partial charge on any atom is -0.453 e. The summed E-state index contributed by atoms with van der Waals surface area (Å²) in [5.41, 5.74) is -0.495. The van der Waals surface area contributed by atoms with Crippen molar-refractivity contribution < 1.29 is 19.1 Å². The summed E-state index contributed by atoms with van der Waals surface area (Å²) in [6, 6.07) is -0.0602. The number of hydrogen-bond acceptors (Lipinski definition) is 4. The largest absolute Gasteiger partial charge is 0.453 e. The van der Waals surface area contributed by atoms with Gasteiger partial charge in [0.25, 0.3) is 0 Å². The maximum atomic E-state index is 11.7. The van der Waals surface area contributed by atoms with Crippen LogP contribution in [0.5, 0.6) is 0 Å². The molecule has 1 aliphatic rings. The molecule has 0 aliphatic carbocycles. The molecule has 0 bridgehead atoms. The van der Waals surface area contributed by atoms with Crippen LogP contribution in [0.2, 0.25) is 0 Å². The van der Waals surface area contributed by atoms with Gasteiger partial charge in [0.1, 0.15) is 5.60 Å². The summed E-state index contributed by atoms with van der Waals surface area (Å²) < 4.78 is 9.75. The molecule has 0 unspecified atom stereocenters. The average Bonchev–Trinajstić information content (AvgIpc) is 2.63. The minimum absolute atomic E-state index is 0. The van der Waals surface area contributed by atoms with E-state index in [0.717, 1.165) is 0 Å². The second-order valence-corrected chi connectivity index (χ2v) is 5.05. The Morgan fingerprint density at radius 2 is 1.94 bits per heavy atom. The van der Waals surface area contributed by atoms with E-state index in [1.807, 2.05) is 20.8 Å². The summed E-state index contributed by atoms with van der Waals surface area (Å²) in [7, 11) is 1.32. The number of ether oxygens (including phenoxy) is 2. The third-order valence-electron chi connectivity index (χ3n) is 2.35. The van der Waals surface area contributed by atoms with Gasteiger partial charge in [-0.05, 0) is 27.2 Å². The summed E-state index contributed by atoms with van der Waals surface area (Å²) in [6.07, 6.45) is -0.0957. The van der Waals surface area contributed by atoms with Crippen LogP contribution in [-0.2, 0) is 9.47 Å². The number of rotatable bonds is 1. The lowest BCUT2D eigenvalue weighted by atomic mass is 10.2. The zero-order chi connectivity index (χ0) is 13.1. The summed E-state index contributed by atoms with van der Waals surface area (Å²) in [5, 5.41) is 2.67. The maximum Gasteiger partial charge on any atom is 0.410 e. The summed E-state index contributed by atoms with van der Waals surface area (Å²) in [6.45, 7) is 6.52. The molecule has 18 heavy (non-hydrogen) atoms. The molecule has 0 aromatic heterocycles. The Kier molecular flexibility index (Phi) is 6.31. The number of amides is 2. The van der Waals surface area contributed by atoms with Gasteiger partial charge in [0.05, 0.1) is 13.2 Å². The van der Waals surface area contributed by atoms with Gasteiger partial charge in [-0.25, -0.2) is 9.59 Å². The van der Waals surface area contributed by atoms with Gasteiger partial charge < -0.3 is 19.7 Å². The Balaban J connectivity index is 0.00000289. The van der Waals surface area contributed by atoms with E-state index in [-0.39, 0.29) is 25.6 Å². The van der Waals surface area contributed by atoms with Gasteiger partial charge >= 0.3 is 12.2 Å². The van der Waals surface area contributed by atoms with Crippen molar-refractivity contribution in [2.45, 2.75) is 38.8 Å². The van der Waals surface area contributed by atoms with Crippen LogP contribution in [0.1, 0.15) is 27.2 Å². The highest BCUT2D eigenvalue weighted by Crippen LogP contribution is 2.15.